The van der Waals surface area contributed by atoms with Gasteiger partial charge in [0.25, 0.3) is 0 Å². The van der Waals surface area contributed by atoms with E-state index in [-0.39, 0.29) is 12.0 Å². The van der Waals surface area contributed by atoms with E-state index in [1.165, 1.54) is 4.88 Å². The first kappa shape index (κ1) is 17.1. The summed E-state index contributed by atoms with van der Waals surface area (Å²) in [6.07, 6.45) is 2.45. The van der Waals surface area contributed by atoms with Crippen LogP contribution in [-0.4, -0.2) is 36.6 Å². The van der Waals surface area contributed by atoms with Crippen LogP contribution in [0, 0.1) is 6.92 Å². The Kier molecular flexibility index (Phi) is 6.01. The van der Waals surface area contributed by atoms with Crippen LogP contribution in [0.1, 0.15) is 23.3 Å². The van der Waals surface area contributed by atoms with E-state index >= 15 is 0 Å². The normalized spacial score (nSPS) is 17.3. The van der Waals surface area contributed by atoms with Crippen molar-refractivity contribution in [1.29, 1.82) is 0 Å². The van der Waals surface area contributed by atoms with Crippen LogP contribution >= 0.6 is 11.3 Å². The van der Waals surface area contributed by atoms with Gasteiger partial charge in [-0.25, -0.2) is 0 Å². The van der Waals surface area contributed by atoms with Crippen molar-refractivity contribution >= 4 is 22.9 Å². The molecule has 128 valence electrons. The topological polar surface area (TPSA) is 41.6 Å². The average molecular weight is 344 g/mol. The Bertz CT molecular complexity index is 651. The molecular formula is C19H24N2O2S. The molecule has 5 heteroatoms. The minimum absolute atomic E-state index is 0.0267. The Morgan fingerprint density at radius 1 is 1.33 bits per heavy atom. The summed E-state index contributed by atoms with van der Waals surface area (Å²) in [5, 5.41) is 5.10. The van der Waals surface area contributed by atoms with Gasteiger partial charge in [-0.05, 0) is 42.8 Å². The fourth-order valence-corrected chi connectivity index (χ4v) is 3.74. The van der Waals surface area contributed by atoms with Gasteiger partial charge >= 0.3 is 0 Å². The summed E-state index contributed by atoms with van der Waals surface area (Å²) in [5.74, 6) is 0.0267. The molecule has 2 aromatic rings. The predicted octanol–water partition coefficient (Wildman–Crippen LogP) is 3.68. The maximum absolute atomic E-state index is 12.5. The maximum Gasteiger partial charge on any atom is 0.238 e. The van der Waals surface area contributed by atoms with Crippen LogP contribution in [0.2, 0.25) is 0 Å². The number of anilines is 1. The smallest absolute Gasteiger partial charge is 0.238 e. The summed E-state index contributed by atoms with van der Waals surface area (Å²) in [6.45, 7) is 4.82. The molecule has 1 aliphatic heterocycles. The first-order valence-electron chi connectivity index (χ1n) is 8.42. The average Bonchev–Trinajstić information content (AvgIpc) is 3.23. The molecule has 0 bridgehead atoms. The van der Waals surface area contributed by atoms with Gasteiger partial charge in [-0.2, -0.15) is 0 Å². The summed E-state index contributed by atoms with van der Waals surface area (Å²) in [4.78, 5) is 16.0. The molecule has 0 spiro atoms. The number of ether oxygens (including phenoxy) is 1. The van der Waals surface area contributed by atoms with Crippen LogP contribution in [0.5, 0.6) is 0 Å². The van der Waals surface area contributed by atoms with Gasteiger partial charge in [0.05, 0.1) is 12.6 Å². The molecule has 2 heterocycles. The van der Waals surface area contributed by atoms with E-state index in [4.69, 9.17) is 4.74 Å². The van der Waals surface area contributed by atoms with E-state index in [1.54, 1.807) is 11.3 Å². The van der Waals surface area contributed by atoms with Gasteiger partial charge in [0.2, 0.25) is 5.91 Å². The lowest BCUT2D eigenvalue weighted by Crippen LogP contribution is -2.37. The summed E-state index contributed by atoms with van der Waals surface area (Å²) < 4.78 is 5.75. The molecule has 1 aliphatic rings. The van der Waals surface area contributed by atoms with Crippen LogP contribution in [0.4, 0.5) is 5.69 Å². The molecule has 0 saturated carbocycles. The number of benzene rings is 1. The molecule has 4 nitrogen and oxygen atoms in total. The van der Waals surface area contributed by atoms with Gasteiger partial charge in [0.1, 0.15) is 0 Å². The number of amides is 1. The van der Waals surface area contributed by atoms with E-state index in [1.807, 2.05) is 31.2 Å². The van der Waals surface area contributed by atoms with Crippen molar-refractivity contribution in [2.45, 2.75) is 32.4 Å². The minimum Gasteiger partial charge on any atom is -0.377 e. The highest BCUT2D eigenvalue weighted by molar-refractivity contribution is 7.09. The summed E-state index contributed by atoms with van der Waals surface area (Å²) >= 11 is 1.73. The Hall–Kier alpha value is -1.69. The Morgan fingerprint density at radius 2 is 2.21 bits per heavy atom. The van der Waals surface area contributed by atoms with Crippen molar-refractivity contribution in [2.24, 2.45) is 0 Å². The molecule has 1 aromatic heterocycles. The second kappa shape index (κ2) is 8.42. The van der Waals surface area contributed by atoms with Gasteiger partial charge in [-0.15, -0.1) is 11.3 Å². The molecule has 0 unspecified atom stereocenters. The van der Waals surface area contributed by atoms with Gasteiger partial charge < -0.3 is 10.1 Å². The van der Waals surface area contributed by atoms with E-state index in [9.17, 15) is 4.79 Å². The number of thiophene rings is 1. The quantitative estimate of drug-likeness (QED) is 0.833. The van der Waals surface area contributed by atoms with Gasteiger partial charge in [-0.1, -0.05) is 24.3 Å². The first-order valence-corrected chi connectivity index (χ1v) is 9.30. The summed E-state index contributed by atoms with van der Waals surface area (Å²) in [6, 6.07) is 12.0. The largest absolute Gasteiger partial charge is 0.377 e. The molecule has 1 atom stereocenters. The molecule has 1 amide bonds. The highest BCUT2D eigenvalue weighted by Gasteiger charge is 2.21. The Balaban J connectivity index is 1.61. The number of nitrogens with one attached hydrogen (secondary N) is 1. The molecule has 3 rings (SSSR count). The number of para-hydroxylation sites is 1. The zero-order valence-electron chi connectivity index (χ0n) is 14.0. The molecule has 1 saturated heterocycles. The van der Waals surface area contributed by atoms with Gasteiger partial charge in [0.15, 0.2) is 0 Å². The van der Waals surface area contributed by atoms with Crippen LogP contribution in [0.25, 0.3) is 0 Å². The number of nitrogens with zero attached hydrogens (tertiary/aromatic N) is 1. The molecule has 1 fully saturated rings. The number of carbonyl (C=O) groups excluding carboxylic acids is 1. The molecule has 1 aromatic carbocycles. The number of hydrogen-bond acceptors (Lipinski definition) is 4. The lowest BCUT2D eigenvalue weighted by molar-refractivity contribution is -0.117. The summed E-state index contributed by atoms with van der Waals surface area (Å²) in [7, 11) is 0. The zero-order chi connectivity index (χ0) is 16.8. The number of rotatable bonds is 7. The van der Waals surface area contributed by atoms with Gasteiger partial charge in [0, 0.05) is 30.3 Å². The standard InChI is InChI=1S/C19H24N2O2S/c1-15-6-2-3-9-18(15)20-19(22)14-21(12-16-7-4-10-23-16)13-17-8-5-11-24-17/h2-3,5-6,8-9,11,16H,4,7,10,12-14H2,1H3,(H,20,22)/t16-/m0/s1. The zero-order valence-corrected chi connectivity index (χ0v) is 14.8. The van der Waals surface area contributed by atoms with Crippen LogP contribution in [-0.2, 0) is 16.1 Å². The van der Waals surface area contributed by atoms with E-state index < -0.39 is 0 Å². The minimum atomic E-state index is 0.0267. The first-order chi connectivity index (χ1) is 11.7. The monoisotopic (exact) mass is 344 g/mol. The number of hydrogen-bond donors (Lipinski definition) is 1. The highest BCUT2D eigenvalue weighted by atomic mass is 32.1. The van der Waals surface area contributed by atoms with Crippen LogP contribution < -0.4 is 5.32 Å². The molecular weight excluding hydrogens is 320 g/mol. The molecule has 24 heavy (non-hydrogen) atoms. The van der Waals surface area contributed by atoms with Crippen molar-refractivity contribution in [3.8, 4) is 0 Å². The fraction of sp³-hybridized carbons (Fsp3) is 0.421. The predicted molar refractivity (Wildman–Crippen MR) is 98.4 cm³/mol. The third kappa shape index (κ3) is 4.90. The van der Waals surface area contributed by atoms with Crippen molar-refractivity contribution in [1.82, 2.24) is 4.90 Å². The lowest BCUT2D eigenvalue weighted by Gasteiger charge is -2.24. The Morgan fingerprint density at radius 3 is 2.92 bits per heavy atom. The molecule has 0 radical (unpaired) electrons. The van der Waals surface area contributed by atoms with Crippen molar-refractivity contribution < 1.29 is 9.53 Å². The fourth-order valence-electron chi connectivity index (χ4n) is 2.99. The van der Waals surface area contributed by atoms with E-state index in [0.29, 0.717) is 6.54 Å². The third-order valence-corrected chi connectivity index (χ3v) is 5.09. The van der Waals surface area contributed by atoms with E-state index in [2.05, 4.69) is 27.7 Å². The number of aryl methyl sites for hydroxylation is 1. The van der Waals surface area contributed by atoms with Crippen molar-refractivity contribution in [3.05, 3.63) is 52.2 Å². The maximum atomic E-state index is 12.5. The van der Waals surface area contributed by atoms with Crippen molar-refractivity contribution in [3.63, 3.8) is 0 Å². The van der Waals surface area contributed by atoms with Gasteiger partial charge in [-0.3, -0.25) is 9.69 Å². The molecule has 1 N–H and O–H groups in total. The third-order valence-electron chi connectivity index (χ3n) is 4.23. The Labute approximate surface area is 147 Å². The second-order valence-corrected chi connectivity index (χ2v) is 7.28. The van der Waals surface area contributed by atoms with Crippen molar-refractivity contribution in [2.75, 3.05) is 25.0 Å². The highest BCUT2D eigenvalue weighted by Crippen LogP contribution is 2.18. The summed E-state index contributed by atoms with van der Waals surface area (Å²) in [5.41, 5.74) is 1.96. The van der Waals surface area contributed by atoms with E-state index in [0.717, 1.165) is 43.8 Å². The molecule has 0 aliphatic carbocycles. The lowest BCUT2D eigenvalue weighted by atomic mass is 10.2. The van der Waals surface area contributed by atoms with Crippen LogP contribution in [0.3, 0.4) is 0 Å². The van der Waals surface area contributed by atoms with Crippen LogP contribution in [0.15, 0.2) is 41.8 Å². The second-order valence-electron chi connectivity index (χ2n) is 6.25. The number of carbonyl (C=O) groups is 1. The SMILES string of the molecule is Cc1ccccc1NC(=O)CN(Cc1cccs1)C[C@@H]1CCCO1.